The zero-order valence-electron chi connectivity index (χ0n) is 11.9. The molecule has 0 bridgehead atoms. The summed E-state index contributed by atoms with van der Waals surface area (Å²) < 4.78 is 5.56. The van der Waals surface area contributed by atoms with Gasteiger partial charge in [0.2, 0.25) is 5.88 Å². The van der Waals surface area contributed by atoms with Crippen LogP contribution in [-0.2, 0) is 0 Å². The number of hydrogen-bond acceptors (Lipinski definition) is 3. The molecular formula is C14H24N2O. The Hall–Kier alpha value is -1.25. The van der Waals surface area contributed by atoms with Gasteiger partial charge in [-0.1, -0.05) is 27.7 Å². The highest BCUT2D eigenvalue weighted by atomic mass is 16.5. The van der Waals surface area contributed by atoms with Crippen molar-refractivity contribution in [3.05, 3.63) is 17.3 Å². The third-order valence-electron chi connectivity index (χ3n) is 2.98. The number of rotatable bonds is 1. The van der Waals surface area contributed by atoms with E-state index in [4.69, 9.17) is 4.74 Å². The van der Waals surface area contributed by atoms with Gasteiger partial charge < -0.3 is 9.64 Å². The minimum absolute atomic E-state index is 0.512. The van der Waals surface area contributed by atoms with Gasteiger partial charge in [-0.05, 0) is 24.0 Å². The van der Waals surface area contributed by atoms with Crippen LogP contribution in [0.5, 0.6) is 5.88 Å². The summed E-state index contributed by atoms with van der Waals surface area (Å²) in [4.78, 5) is 6.62. The average Bonchev–Trinajstić information content (AvgIpc) is 2.31. The molecule has 2 rings (SSSR count). The highest BCUT2D eigenvalue weighted by Crippen LogP contribution is 2.35. The number of pyridine rings is 1. The fourth-order valence-electron chi connectivity index (χ4n) is 2.11. The Bertz CT molecular complexity index is 375. The lowest BCUT2D eigenvalue weighted by atomic mass is 9.98. The maximum atomic E-state index is 5.56. The maximum absolute atomic E-state index is 5.56. The van der Waals surface area contributed by atoms with Gasteiger partial charge in [-0.25, -0.2) is 4.98 Å². The van der Waals surface area contributed by atoms with E-state index >= 15 is 0 Å². The quantitative estimate of drug-likeness (QED) is 0.747. The number of ether oxygens (including phenoxy) is 1. The predicted octanol–water partition coefficient (Wildman–Crippen LogP) is 3.37. The standard InChI is InChI=1S/C12H18N2O.C2H6/c1-8(2)10-7-13-12-11(9(10)3)14(4)5-6-15-12;1-2/h7-8H,5-6H2,1-4H3;1-2H3. The van der Waals surface area contributed by atoms with Crippen molar-refractivity contribution in [1.29, 1.82) is 0 Å². The van der Waals surface area contributed by atoms with Crippen LogP contribution in [0.2, 0.25) is 0 Å². The smallest absolute Gasteiger partial charge is 0.237 e. The zero-order chi connectivity index (χ0) is 13.0. The second-order valence-corrected chi connectivity index (χ2v) is 4.42. The molecule has 1 aliphatic rings. The molecule has 0 radical (unpaired) electrons. The van der Waals surface area contributed by atoms with Crippen LogP contribution in [0.1, 0.15) is 44.7 Å². The van der Waals surface area contributed by atoms with Crippen LogP contribution in [0.4, 0.5) is 5.69 Å². The van der Waals surface area contributed by atoms with Crippen molar-refractivity contribution >= 4 is 5.69 Å². The lowest BCUT2D eigenvalue weighted by Gasteiger charge is -2.29. The van der Waals surface area contributed by atoms with Crippen LogP contribution >= 0.6 is 0 Å². The van der Waals surface area contributed by atoms with Crippen molar-refractivity contribution < 1.29 is 4.74 Å². The third-order valence-corrected chi connectivity index (χ3v) is 2.98. The van der Waals surface area contributed by atoms with Gasteiger partial charge in [0.05, 0.1) is 6.54 Å². The van der Waals surface area contributed by atoms with Gasteiger partial charge in [-0.2, -0.15) is 0 Å². The number of likely N-dealkylation sites (N-methyl/N-ethyl adjacent to an activating group) is 1. The summed E-state index contributed by atoms with van der Waals surface area (Å²) in [6.07, 6.45) is 1.94. The molecule has 0 spiro atoms. The first-order valence-electron chi connectivity index (χ1n) is 6.44. The summed E-state index contributed by atoms with van der Waals surface area (Å²) in [6.45, 7) is 12.2. The van der Waals surface area contributed by atoms with E-state index < -0.39 is 0 Å². The Morgan fingerprint density at radius 2 is 2.00 bits per heavy atom. The van der Waals surface area contributed by atoms with Crippen molar-refractivity contribution in [2.24, 2.45) is 0 Å². The molecule has 17 heavy (non-hydrogen) atoms. The summed E-state index contributed by atoms with van der Waals surface area (Å²) in [5.41, 5.74) is 3.77. The van der Waals surface area contributed by atoms with Crippen molar-refractivity contribution in [3.63, 3.8) is 0 Å². The summed E-state index contributed by atoms with van der Waals surface area (Å²) in [5, 5.41) is 0. The molecule has 2 heterocycles. The molecule has 0 aliphatic carbocycles. The van der Waals surface area contributed by atoms with Crippen LogP contribution < -0.4 is 9.64 Å². The van der Waals surface area contributed by atoms with E-state index in [0.29, 0.717) is 5.92 Å². The molecule has 0 atom stereocenters. The van der Waals surface area contributed by atoms with Crippen LogP contribution in [-0.4, -0.2) is 25.2 Å². The Kier molecular flexibility index (Phi) is 4.79. The van der Waals surface area contributed by atoms with Gasteiger partial charge in [0.25, 0.3) is 0 Å². The van der Waals surface area contributed by atoms with Crippen molar-refractivity contribution in [2.45, 2.75) is 40.5 Å². The lowest BCUT2D eigenvalue weighted by molar-refractivity contribution is 0.298. The summed E-state index contributed by atoms with van der Waals surface area (Å²) in [6, 6.07) is 0. The summed E-state index contributed by atoms with van der Waals surface area (Å²) in [5.74, 6) is 1.30. The van der Waals surface area contributed by atoms with Crippen LogP contribution in [0, 0.1) is 6.92 Å². The van der Waals surface area contributed by atoms with E-state index in [1.807, 2.05) is 20.0 Å². The molecule has 0 saturated heterocycles. The molecule has 0 amide bonds. The fourth-order valence-corrected chi connectivity index (χ4v) is 2.11. The van der Waals surface area contributed by atoms with Gasteiger partial charge in [0, 0.05) is 13.2 Å². The van der Waals surface area contributed by atoms with Gasteiger partial charge in [-0.3, -0.25) is 0 Å². The number of fused-ring (bicyclic) bond motifs is 1. The first-order chi connectivity index (χ1) is 8.11. The molecule has 3 heteroatoms. The monoisotopic (exact) mass is 236 g/mol. The summed E-state index contributed by atoms with van der Waals surface area (Å²) in [7, 11) is 2.10. The zero-order valence-corrected chi connectivity index (χ0v) is 11.9. The molecular weight excluding hydrogens is 212 g/mol. The van der Waals surface area contributed by atoms with E-state index in [0.717, 1.165) is 24.7 Å². The van der Waals surface area contributed by atoms with E-state index in [-0.39, 0.29) is 0 Å². The van der Waals surface area contributed by atoms with Gasteiger partial charge in [-0.15, -0.1) is 0 Å². The first kappa shape index (κ1) is 13.8. The highest BCUT2D eigenvalue weighted by molar-refractivity contribution is 5.63. The van der Waals surface area contributed by atoms with Crippen molar-refractivity contribution in [3.8, 4) is 5.88 Å². The van der Waals surface area contributed by atoms with E-state index in [9.17, 15) is 0 Å². The Labute approximate surface area is 105 Å². The lowest BCUT2D eigenvalue weighted by Crippen LogP contribution is -2.30. The molecule has 0 unspecified atom stereocenters. The van der Waals surface area contributed by atoms with Crippen molar-refractivity contribution in [1.82, 2.24) is 4.98 Å². The molecule has 0 N–H and O–H groups in total. The van der Waals surface area contributed by atoms with Gasteiger partial charge in [0.1, 0.15) is 12.3 Å². The largest absolute Gasteiger partial charge is 0.474 e. The van der Waals surface area contributed by atoms with Crippen LogP contribution in [0.15, 0.2) is 6.20 Å². The SMILES string of the molecule is CC.Cc1c(C(C)C)cnc2c1N(C)CCO2. The molecule has 0 aromatic carbocycles. The second kappa shape index (κ2) is 5.89. The van der Waals surface area contributed by atoms with Gasteiger partial charge in [0.15, 0.2) is 0 Å². The van der Waals surface area contributed by atoms with E-state index in [1.165, 1.54) is 11.1 Å². The van der Waals surface area contributed by atoms with E-state index in [2.05, 4.69) is 37.7 Å². The normalized spacial score (nSPS) is 13.7. The number of nitrogens with zero attached hydrogens (tertiary/aromatic N) is 2. The Balaban J connectivity index is 0.000000686. The number of hydrogen-bond donors (Lipinski definition) is 0. The average molecular weight is 236 g/mol. The first-order valence-corrected chi connectivity index (χ1v) is 6.44. The highest BCUT2D eigenvalue weighted by Gasteiger charge is 2.21. The predicted molar refractivity (Wildman–Crippen MR) is 73.2 cm³/mol. The van der Waals surface area contributed by atoms with Crippen LogP contribution in [0.3, 0.4) is 0 Å². The minimum atomic E-state index is 0.512. The number of aromatic nitrogens is 1. The van der Waals surface area contributed by atoms with Gasteiger partial charge >= 0.3 is 0 Å². The molecule has 1 aliphatic heterocycles. The molecule has 1 aromatic rings. The molecule has 3 nitrogen and oxygen atoms in total. The molecule has 0 saturated carbocycles. The summed E-state index contributed by atoms with van der Waals surface area (Å²) >= 11 is 0. The molecule has 1 aromatic heterocycles. The number of anilines is 1. The van der Waals surface area contributed by atoms with Crippen LogP contribution in [0.25, 0.3) is 0 Å². The minimum Gasteiger partial charge on any atom is -0.474 e. The fraction of sp³-hybridized carbons (Fsp3) is 0.643. The third kappa shape index (κ3) is 2.71. The second-order valence-electron chi connectivity index (χ2n) is 4.42. The Morgan fingerprint density at radius 1 is 1.35 bits per heavy atom. The van der Waals surface area contributed by atoms with Crippen molar-refractivity contribution in [2.75, 3.05) is 25.1 Å². The molecule has 0 fully saturated rings. The van der Waals surface area contributed by atoms with E-state index in [1.54, 1.807) is 0 Å². The maximum Gasteiger partial charge on any atom is 0.237 e. The Morgan fingerprint density at radius 3 is 2.59 bits per heavy atom. The topological polar surface area (TPSA) is 25.4 Å². The molecule has 96 valence electrons.